The second kappa shape index (κ2) is 8.17. The van der Waals surface area contributed by atoms with Crippen molar-refractivity contribution < 1.29 is 29.2 Å². The summed E-state index contributed by atoms with van der Waals surface area (Å²) >= 11 is 0. The van der Waals surface area contributed by atoms with Crippen LogP contribution < -0.4 is 0 Å². The molecule has 1 aromatic carbocycles. The zero-order valence-electron chi connectivity index (χ0n) is 15.3. The van der Waals surface area contributed by atoms with E-state index >= 15 is 0 Å². The van der Waals surface area contributed by atoms with E-state index in [0.717, 1.165) is 12.0 Å². The van der Waals surface area contributed by atoms with Crippen LogP contribution in [-0.2, 0) is 25.4 Å². The number of phenolic OH excluding ortho intramolecular Hbond substituents is 2. The second-order valence-electron chi connectivity index (χ2n) is 6.81. The van der Waals surface area contributed by atoms with Gasteiger partial charge in [-0.25, -0.2) is 0 Å². The van der Waals surface area contributed by atoms with Gasteiger partial charge >= 0.3 is 0 Å². The van der Waals surface area contributed by atoms with Gasteiger partial charge in [0.25, 0.3) is 0 Å². The van der Waals surface area contributed by atoms with Crippen molar-refractivity contribution in [2.75, 3.05) is 14.2 Å². The van der Waals surface area contributed by atoms with Gasteiger partial charge in [0.05, 0.1) is 0 Å². The maximum atomic E-state index is 12.9. The molecule has 4 atom stereocenters. The summed E-state index contributed by atoms with van der Waals surface area (Å²) in [4.78, 5) is 12.9. The van der Waals surface area contributed by atoms with Crippen molar-refractivity contribution in [1.82, 2.24) is 0 Å². The molecule has 1 unspecified atom stereocenters. The number of hydrogen-bond donors (Lipinski definition) is 2. The number of carbonyl (C=O) groups excluding carboxylic acids is 1. The quantitative estimate of drug-likeness (QED) is 0.734. The minimum absolute atomic E-state index is 0.129. The number of Topliss-reactive ketones (excluding diaryl/α,β-unsaturated/α-hetero) is 1. The maximum absolute atomic E-state index is 12.9. The third-order valence-corrected chi connectivity index (χ3v) is 5.37. The van der Waals surface area contributed by atoms with Gasteiger partial charge in [-0.1, -0.05) is 19.9 Å². The van der Waals surface area contributed by atoms with E-state index in [1.807, 2.05) is 13.8 Å². The second-order valence-corrected chi connectivity index (χ2v) is 6.81. The molecular formula is C19H28O6. The van der Waals surface area contributed by atoms with Crippen molar-refractivity contribution in [3.05, 3.63) is 23.8 Å². The summed E-state index contributed by atoms with van der Waals surface area (Å²) in [7, 11) is 3.14. The molecule has 1 aliphatic heterocycles. The molecule has 0 amide bonds. The third-order valence-electron chi connectivity index (χ3n) is 5.37. The fraction of sp³-hybridized carbons (Fsp3) is 0.632. The Bertz CT molecular complexity index is 602. The van der Waals surface area contributed by atoms with Crippen LogP contribution in [0.5, 0.6) is 11.5 Å². The van der Waals surface area contributed by atoms with E-state index in [4.69, 9.17) is 14.2 Å². The molecule has 6 nitrogen and oxygen atoms in total. The van der Waals surface area contributed by atoms with Gasteiger partial charge in [-0.3, -0.25) is 4.79 Å². The molecule has 0 aromatic heterocycles. The summed E-state index contributed by atoms with van der Waals surface area (Å²) in [5.74, 6) is -0.437. The lowest BCUT2D eigenvalue weighted by molar-refractivity contribution is -0.309. The number of methoxy groups -OCH3 is 2. The standard InChI is InChI=1S/C19H28O6/c1-5-19(2)13(11-17(23-3)25-18(19)24-4)14(20)8-6-12-7-9-15(21)16(22)10-12/h7,9-10,13,17-18,21-22H,5-6,8,11H2,1-4H3/t13-,17+,18+,19?/m0/s1. The summed E-state index contributed by atoms with van der Waals surface area (Å²) in [5.41, 5.74) is 0.387. The molecule has 140 valence electrons. The molecule has 0 spiro atoms. The Morgan fingerprint density at radius 3 is 2.56 bits per heavy atom. The lowest BCUT2D eigenvalue weighted by Gasteiger charge is -2.47. The molecule has 0 aliphatic carbocycles. The summed E-state index contributed by atoms with van der Waals surface area (Å²) < 4.78 is 16.6. The maximum Gasteiger partial charge on any atom is 0.166 e. The normalized spacial score (nSPS) is 29.5. The molecule has 1 heterocycles. The van der Waals surface area contributed by atoms with E-state index in [9.17, 15) is 15.0 Å². The zero-order valence-corrected chi connectivity index (χ0v) is 15.3. The number of aryl methyl sites for hydroxylation is 1. The van der Waals surface area contributed by atoms with Gasteiger partial charge in [-0.05, 0) is 30.5 Å². The molecule has 0 saturated carbocycles. The van der Waals surface area contributed by atoms with E-state index < -0.39 is 18.0 Å². The van der Waals surface area contributed by atoms with E-state index in [1.54, 1.807) is 20.3 Å². The van der Waals surface area contributed by atoms with Gasteiger partial charge in [-0.2, -0.15) is 0 Å². The van der Waals surface area contributed by atoms with Crippen molar-refractivity contribution in [2.24, 2.45) is 11.3 Å². The Balaban J connectivity index is 2.12. The first-order valence-electron chi connectivity index (χ1n) is 8.60. The highest BCUT2D eigenvalue weighted by atomic mass is 16.8. The average Bonchev–Trinajstić information content (AvgIpc) is 2.62. The third kappa shape index (κ3) is 4.14. The average molecular weight is 352 g/mol. The Kier molecular flexibility index (Phi) is 6.43. The number of carbonyl (C=O) groups is 1. The highest BCUT2D eigenvalue weighted by molar-refractivity contribution is 5.82. The van der Waals surface area contributed by atoms with E-state index in [-0.39, 0.29) is 23.2 Å². The van der Waals surface area contributed by atoms with Crippen LogP contribution in [0.2, 0.25) is 0 Å². The van der Waals surface area contributed by atoms with Crippen molar-refractivity contribution in [3.8, 4) is 11.5 Å². The van der Waals surface area contributed by atoms with Crippen LogP contribution in [0, 0.1) is 11.3 Å². The number of ketones is 1. The molecule has 1 aromatic rings. The highest BCUT2D eigenvalue weighted by Crippen LogP contribution is 2.45. The SMILES string of the molecule is CCC1(C)[C@H](OC)O[C@@H](OC)C[C@H]1C(=O)CCc1ccc(O)c(O)c1. The Morgan fingerprint density at radius 1 is 1.28 bits per heavy atom. The van der Waals surface area contributed by atoms with Crippen LogP contribution in [0.25, 0.3) is 0 Å². The van der Waals surface area contributed by atoms with Gasteiger partial charge in [0, 0.05) is 38.4 Å². The minimum Gasteiger partial charge on any atom is -0.504 e. The van der Waals surface area contributed by atoms with Crippen LogP contribution >= 0.6 is 0 Å². The molecular weight excluding hydrogens is 324 g/mol. The van der Waals surface area contributed by atoms with Crippen LogP contribution in [-0.4, -0.2) is 42.8 Å². The number of phenols is 2. The van der Waals surface area contributed by atoms with E-state index in [1.165, 1.54) is 12.1 Å². The monoisotopic (exact) mass is 352 g/mol. The van der Waals surface area contributed by atoms with Crippen molar-refractivity contribution in [1.29, 1.82) is 0 Å². The van der Waals surface area contributed by atoms with Gasteiger partial charge < -0.3 is 24.4 Å². The fourth-order valence-corrected chi connectivity index (χ4v) is 3.53. The number of benzene rings is 1. The van der Waals surface area contributed by atoms with Crippen molar-refractivity contribution >= 4 is 5.78 Å². The van der Waals surface area contributed by atoms with Gasteiger partial charge in [0.1, 0.15) is 5.78 Å². The molecule has 0 bridgehead atoms. The van der Waals surface area contributed by atoms with Crippen molar-refractivity contribution in [2.45, 2.75) is 52.1 Å². The smallest absolute Gasteiger partial charge is 0.166 e. The Morgan fingerprint density at radius 2 is 2.00 bits per heavy atom. The Labute approximate surface area is 148 Å². The van der Waals surface area contributed by atoms with Gasteiger partial charge in [0.2, 0.25) is 0 Å². The van der Waals surface area contributed by atoms with Gasteiger partial charge in [0.15, 0.2) is 24.1 Å². The number of aromatic hydroxyl groups is 2. The summed E-state index contributed by atoms with van der Waals surface area (Å²) in [6.07, 6.45) is 1.13. The lowest BCUT2D eigenvalue weighted by Crippen LogP contribution is -2.52. The van der Waals surface area contributed by atoms with E-state index in [0.29, 0.717) is 19.3 Å². The predicted octanol–water partition coefficient (Wildman–Crippen LogP) is 3.00. The molecule has 0 radical (unpaired) electrons. The Hall–Kier alpha value is -1.63. The van der Waals surface area contributed by atoms with Crippen LogP contribution in [0.4, 0.5) is 0 Å². The fourth-order valence-electron chi connectivity index (χ4n) is 3.53. The van der Waals surface area contributed by atoms with Gasteiger partial charge in [-0.15, -0.1) is 0 Å². The highest BCUT2D eigenvalue weighted by Gasteiger charge is 2.50. The molecule has 2 N–H and O–H groups in total. The summed E-state index contributed by atoms with van der Waals surface area (Å²) in [5, 5.41) is 19.0. The lowest BCUT2D eigenvalue weighted by atomic mass is 9.68. The number of rotatable bonds is 7. The topological polar surface area (TPSA) is 85.2 Å². The van der Waals surface area contributed by atoms with Crippen LogP contribution in [0.3, 0.4) is 0 Å². The molecule has 1 fully saturated rings. The number of ether oxygens (including phenoxy) is 3. The predicted molar refractivity (Wildman–Crippen MR) is 92.3 cm³/mol. The van der Waals surface area contributed by atoms with Crippen LogP contribution in [0.15, 0.2) is 18.2 Å². The van der Waals surface area contributed by atoms with Crippen molar-refractivity contribution in [3.63, 3.8) is 0 Å². The summed E-state index contributed by atoms with van der Waals surface area (Å²) in [6, 6.07) is 4.63. The zero-order chi connectivity index (χ0) is 18.6. The molecule has 25 heavy (non-hydrogen) atoms. The van der Waals surface area contributed by atoms with Crippen LogP contribution in [0.1, 0.15) is 38.7 Å². The first-order chi connectivity index (χ1) is 11.8. The molecule has 2 rings (SSSR count). The molecule has 6 heteroatoms. The minimum atomic E-state index is -0.497. The first-order valence-corrected chi connectivity index (χ1v) is 8.60. The number of hydrogen-bond acceptors (Lipinski definition) is 6. The summed E-state index contributed by atoms with van der Waals surface area (Å²) in [6.45, 7) is 4.04. The van der Waals surface area contributed by atoms with E-state index in [2.05, 4.69) is 0 Å². The molecule has 1 aliphatic rings. The molecule has 1 saturated heterocycles. The largest absolute Gasteiger partial charge is 0.504 e. The first kappa shape index (κ1) is 19.7.